The van der Waals surface area contributed by atoms with Crippen molar-refractivity contribution in [2.45, 2.75) is 20.8 Å². The summed E-state index contributed by atoms with van der Waals surface area (Å²) in [5.74, 6) is -0.577. The second-order valence-electron chi connectivity index (χ2n) is 3.93. The van der Waals surface area contributed by atoms with Gasteiger partial charge in [0.15, 0.2) is 11.5 Å². The van der Waals surface area contributed by atoms with E-state index in [2.05, 4.69) is 0 Å². The first-order chi connectivity index (χ1) is 10.1. The van der Waals surface area contributed by atoms with Crippen LogP contribution in [0.1, 0.15) is 41.5 Å². The van der Waals surface area contributed by atoms with Crippen molar-refractivity contribution in [3.63, 3.8) is 0 Å². The molecule has 0 aliphatic rings. The molecule has 0 N–H and O–H groups in total. The zero-order valence-corrected chi connectivity index (χ0v) is 12.7. The summed E-state index contributed by atoms with van der Waals surface area (Å²) in [4.78, 5) is 23.9. The van der Waals surface area contributed by atoms with Gasteiger partial charge < -0.3 is 18.9 Å². The first-order valence-electron chi connectivity index (χ1n) is 6.78. The SMILES string of the molecule is CCOC(=O)c1cc(OC)c(OCC)c(C(=O)OCC)c1. The summed E-state index contributed by atoms with van der Waals surface area (Å²) < 4.78 is 20.6. The van der Waals surface area contributed by atoms with Crippen LogP contribution < -0.4 is 9.47 Å². The molecule has 0 radical (unpaired) electrons. The van der Waals surface area contributed by atoms with E-state index in [1.165, 1.54) is 19.2 Å². The molecule has 0 atom stereocenters. The smallest absolute Gasteiger partial charge is 0.342 e. The molecule has 6 nitrogen and oxygen atoms in total. The molecular formula is C15H20O6. The minimum Gasteiger partial charge on any atom is -0.493 e. The van der Waals surface area contributed by atoms with Gasteiger partial charge in [-0.05, 0) is 32.9 Å². The van der Waals surface area contributed by atoms with E-state index in [1.54, 1.807) is 20.8 Å². The van der Waals surface area contributed by atoms with Crippen molar-refractivity contribution >= 4 is 11.9 Å². The first kappa shape index (κ1) is 16.8. The monoisotopic (exact) mass is 296 g/mol. The Hall–Kier alpha value is -2.24. The van der Waals surface area contributed by atoms with Gasteiger partial charge in [0.2, 0.25) is 0 Å². The van der Waals surface area contributed by atoms with Crippen LogP contribution in [0.3, 0.4) is 0 Å². The van der Waals surface area contributed by atoms with Crippen molar-refractivity contribution in [3.8, 4) is 11.5 Å². The Morgan fingerprint density at radius 1 is 0.952 bits per heavy atom. The minimum absolute atomic E-state index is 0.140. The normalized spacial score (nSPS) is 9.90. The van der Waals surface area contributed by atoms with Crippen molar-refractivity contribution < 1.29 is 28.5 Å². The molecule has 0 saturated heterocycles. The van der Waals surface area contributed by atoms with Crippen LogP contribution in [0.4, 0.5) is 0 Å². The van der Waals surface area contributed by atoms with Crippen LogP contribution in [-0.4, -0.2) is 38.9 Å². The number of rotatable bonds is 7. The van der Waals surface area contributed by atoms with Gasteiger partial charge in [0.05, 0.1) is 32.5 Å². The molecule has 0 aliphatic carbocycles. The van der Waals surface area contributed by atoms with Crippen LogP contribution in [0.25, 0.3) is 0 Å². The molecule has 1 aromatic rings. The van der Waals surface area contributed by atoms with Crippen LogP contribution in [0, 0.1) is 0 Å². The molecular weight excluding hydrogens is 276 g/mol. The number of esters is 2. The van der Waals surface area contributed by atoms with E-state index in [9.17, 15) is 9.59 Å². The quantitative estimate of drug-likeness (QED) is 0.720. The van der Waals surface area contributed by atoms with Gasteiger partial charge in [0, 0.05) is 0 Å². The lowest BCUT2D eigenvalue weighted by Crippen LogP contribution is -2.12. The van der Waals surface area contributed by atoms with Gasteiger partial charge in [0.25, 0.3) is 0 Å². The van der Waals surface area contributed by atoms with Crippen LogP contribution in [0.15, 0.2) is 12.1 Å². The third-order valence-electron chi connectivity index (χ3n) is 2.57. The van der Waals surface area contributed by atoms with Crippen molar-refractivity contribution in [1.82, 2.24) is 0 Å². The Balaban J connectivity index is 3.36. The second-order valence-corrected chi connectivity index (χ2v) is 3.93. The molecule has 0 aliphatic heterocycles. The van der Waals surface area contributed by atoms with Crippen LogP contribution in [0.5, 0.6) is 11.5 Å². The maximum absolute atomic E-state index is 12.0. The average molecular weight is 296 g/mol. The molecule has 0 spiro atoms. The number of hydrogen-bond donors (Lipinski definition) is 0. The molecule has 0 bridgehead atoms. The van der Waals surface area contributed by atoms with Gasteiger partial charge >= 0.3 is 11.9 Å². The van der Waals surface area contributed by atoms with Crippen LogP contribution in [0.2, 0.25) is 0 Å². The molecule has 0 saturated carbocycles. The van der Waals surface area contributed by atoms with Gasteiger partial charge in [0.1, 0.15) is 5.56 Å². The fraction of sp³-hybridized carbons (Fsp3) is 0.467. The number of hydrogen-bond acceptors (Lipinski definition) is 6. The maximum atomic E-state index is 12.0. The summed E-state index contributed by atoms with van der Waals surface area (Å²) in [5.41, 5.74) is 0.348. The number of ether oxygens (including phenoxy) is 4. The summed E-state index contributed by atoms with van der Waals surface area (Å²) in [6.45, 7) is 6.00. The van der Waals surface area contributed by atoms with Gasteiger partial charge in [-0.25, -0.2) is 9.59 Å². The van der Waals surface area contributed by atoms with E-state index in [0.717, 1.165) is 0 Å². The Kier molecular flexibility index (Phi) is 6.52. The Morgan fingerprint density at radius 2 is 1.57 bits per heavy atom. The summed E-state index contributed by atoms with van der Waals surface area (Å²) in [6.07, 6.45) is 0. The molecule has 0 aromatic heterocycles. The summed E-state index contributed by atoms with van der Waals surface area (Å²) in [7, 11) is 1.43. The lowest BCUT2D eigenvalue weighted by Gasteiger charge is -2.15. The highest BCUT2D eigenvalue weighted by Gasteiger charge is 2.22. The highest BCUT2D eigenvalue weighted by atomic mass is 16.5. The molecule has 21 heavy (non-hydrogen) atoms. The molecule has 0 fully saturated rings. The number of carbonyl (C=O) groups is 2. The second kappa shape index (κ2) is 8.14. The average Bonchev–Trinajstić information content (AvgIpc) is 2.48. The molecule has 1 rings (SSSR count). The largest absolute Gasteiger partial charge is 0.493 e. The van der Waals surface area contributed by atoms with E-state index in [-0.39, 0.29) is 35.8 Å². The van der Waals surface area contributed by atoms with Crippen molar-refractivity contribution in [2.75, 3.05) is 26.9 Å². The molecule has 0 unspecified atom stereocenters. The van der Waals surface area contributed by atoms with Crippen molar-refractivity contribution in [2.24, 2.45) is 0 Å². The third-order valence-corrected chi connectivity index (χ3v) is 2.57. The zero-order chi connectivity index (χ0) is 15.8. The lowest BCUT2D eigenvalue weighted by molar-refractivity contribution is 0.0520. The Morgan fingerprint density at radius 3 is 2.10 bits per heavy atom. The van der Waals surface area contributed by atoms with E-state index >= 15 is 0 Å². The predicted octanol–water partition coefficient (Wildman–Crippen LogP) is 2.45. The maximum Gasteiger partial charge on any atom is 0.342 e. The molecule has 0 heterocycles. The Labute approximate surface area is 123 Å². The fourth-order valence-corrected chi connectivity index (χ4v) is 1.74. The van der Waals surface area contributed by atoms with Crippen molar-refractivity contribution in [1.29, 1.82) is 0 Å². The number of methoxy groups -OCH3 is 1. The third kappa shape index (κ3) is 4.11. The summed E-state index contributed by atoms with van der Waals surface area (Å²) in [5, 5.41) is 0. The minimum atomic E-state index is -0.578. The zero-order valence-electron chi connectivity index (χ0n) is 12.7. The first-order valence-corrected chi connectivity index (χ1v) is 6.78. The standard InChI is InChI=1S/C15H20O6/c1-5-19-13-11(15(17)21-7-3)8-10(9-12(13)18-4)14(16)20-6-2/h8-9H,5-7H2,1-4H3. The van der Waals surface area contributed by atoms with Gasteiger partial charge in [-0.15, -0.1) is 0 Å². The summed E-state index contributed by atoms with van der Waals surface area (Å²) in [6, 6.07) is 2.87. The fourth-order valence-electron chi connectivity index (χ4n) is 1.74. The highest BCUT2D eigenvalue weighted by Crippen LogP contribution is 2.33. The van der Waals surface area contributed by atoms with E-state index in [1.807, 2.05) is 0 Å². The summed E-state index contributed by atoms with van der Waals surface area (Å²) >= 11 is 0. The van der Waals surface area contributed by atoms with E-state index in [0.29, 0.717) is 6.61 Å². The predicted molar refractivity (Wildman–Crippen MR) is 76.1 cm³/mol. The molecule has 1 aromatic carbocycles. The molecule has 0 amide bonds. The number of benzene rings is 1. The van der Waals surface area contributed by atoms with Crippen LogP contribution >= 0.6 is 0 Å². The molecule has 116 valence electrons. The highest BCUT2D eigenvalue weighted by molar-refractivity contribution is 5.98. The lowest BCUT2D eigenvalue weighted by atomic mass is 10.1. The van der Waals surface area contributed by atoms with E-state index < -0.39 is 11.9 Å². The van der Waals surface area contributed by atoms with Gasteiger partial charge in [-0.3, -0.25) is 0 Å². The Bertz CT molecular complexity index is 509. The van der Waals surface area contributed by atoms with Gasteiger partial charge in [-0.2, -0.15) is 0 Å². The van der Waals surface area contributed by atoms with Crippen LogP contribution in [-0.2, 0) is 9.47 Å². The number of carbonyl (C=O) groups excluding carboxylic acids is 2. The molecule has 6 heteroatoms. The topological polar surface area (TPSA) is 71.1 Å². The van der Waals surface area contributed by atoms with E-state index in [4.69, 9.17) is 18.9 Å². The van der Waals surface area contributed by atoms with Gasteiger partial charge in [-0.1, -0.05) is 0 Å². The van der Waals surface area contributed by atoms with Crippen molar-refractivity contribution in [3.05, 3.63) is 23.3 Å².